The molecule has 26 heavy (non-hydrogen) atoms. The first-order valence-corrected chi connectivity index (χ1v) is 7.92. The van der Waals surface area contributed by atoms with Crippen LogP contribution in [0.4, 0.5) is 5.69 Å². The van der Waals surface area contributed by atoms with E-state index in [1.165, 1.54) is 25.3 Å². The largest absolute Gasteiger partial charge is 0.490 e. The molecule has 7 nitrogen and oxygen atoms in total. The van der Waals surface area contributed by atoms with Gasteiger partial charge in [-0.25, -0.2) is 0 Å². The zero-order chi connectivity index (χ0) is 18.2. The fraction of sp³-hybridized carbons (Fsp3) is 0.278. The summed E-state index contributed by atoms with van der Waals surface area (Å²) in [7, 11) is 1.34. The Hall–Kier alpha value is -2.64. The fourth-order valence-electron chi connectivity index (χ4n) is 2.52. The van der Waals surface area contributed by atoms with Crippen molar-refractivity contribution in [2.24, 2.45) is 5.73 Å². The van der Waals surface area contributed by atoms with Crippen molar-refractivity contribution in [3.63, 3.8) is 0 Å². The van der Waals surface area contributed by atoms with E-state index in [0.29, 0.717) is 31.6 Å². The summed E-state index contributed by atoms with van der Waals surface area (Å²) in [5, 5.41) is 11.0. The number of benzene rings is 2. The number of carbonyl (C=O) groups is 1. The monoisotopic (exact) mass is 379 g/mol. The van der Waals surface area contributed by atoms with Gasteiger partial charge in [0.05, 0.1) is 12.0 Å². The van der Waals surface area contributed by atoms with Crippen LogP contribution in [0.5, 0.6) is 5.75 Å². The molecule has 1 amide bonds. The molecule has 0 aromatic heterocycles. The third kappa shape index (κ3) is 5.44. The molecule has 0 atom stereocenters. The van der Waals surface area contributed by atoms with Crippen molar-refractivity contribution in [1.82, 2.24) is 4.90 Å². The number of hydrogen-bond donors (Lipinski definition) is 1. The van der Waals surface area contributed by atoms with Crippen molar-refractivity contribution in [3.05, 3.63) is 69.8 Å². The Morgan fingerprint density at radius 1 is 1.19 bits per heavy atom. The van der Waals surface area contributed by atoms with Gasteiger partial charge >= 0.3 is 5.69 Å². The fourth-order valence-corrected chi connectivity index (χ4v) is 2.52. The van der Waals surface area contributed by atoms with E-state index in [4.69, 9.17) is 10.5 Å². The number of carbonyl (C=O) groups excluding carboxylic acids is 1. The van der Waals surface area contributed by atoms with E-state index < -0.39 is 4.92 Å². The summed E-state index contributed by atoms with van der Waals surface area (Å²) in [4.78, 5) is 24.8. The summed E-state index contributed by atoms with van der Waals surface area (Å²) in [5.41, 5.74) is 6.91. The Morgan fingerprint density at radius 2 is 1.88 bits per heavy atom. The van der Waals surface area contributed by atoms with E-state index in [2.05, 4.69) is 0 Å². The van der Waals surface area contributed by atoms with Crippen molar-refractivity contribution in [2.75, 3.05) is 26.7 Å². The Labute approximate surface area is 158 Å². The van der Waals surface area contributed by atoms with Crippen LogP contribution in [0.15, 0.2) is 48.5 Å². The van der Waals surface area contributed by atoms with E-state index in [1.54, 1.807) is 4.90 Å². The predicted octanol–water partition coefficient (Wildman–Crippen LogP) is 2.67. The van der Waals surface area contributed by atoms with Crippen molar-refractivity contribution in [1.29, 1.82) is 0 Å². The maximum Gasteiger partial charge on any atom is 0.310 e. The van der Waals surface area contributed by atoms with E-state index >= 15 is 0 Å². The van der Waals surface area contributed by atoms with Gasteiger partial charge in [0.15, 0.2) is 5.75 Å². The number of methoxy groups -OCH3 is 1. The van der Waals surface area contributed by atoms with Gasteiger partial charge in [0.2, 0.25) is 0 Å². The van der Waals surface area contributed by atoms with Gasteiger partial charge in [0.25, 0.3) is 5.91 Å². The van der Waals surface area contributed by atoms with Gasteiger partial charge in [-0.3, -0.25) is 14.9 Å². The van der Waals surface area contributed by atoms with E-state index in [0.717, 1.165) is 5.56 Å². The number of nitro groups is 1. The molecule has 140 valence electrons. The summed E-state index contributed by atoms with van der Waals surface area (Å²) in [5.74, 6) is -0.166. The molecule has 8 heteroatoms. The first-order valence-electron chi connectivity index (χ1n) is 7.92. The third-order valence-electron chi connectivity index (χ3n) is 3.82. The highest BCUT2D eigenvalue weighted by Gasteiger charge is 2.20. The third-order valence-corrected chi connectivity index (χ3v) is 3.82. The van der Waals surface area contributed by atoms with Crippen LogP contribution >= 0.6 is 12.4 Å². The number of nitrogens with two attached hydrogens (primary N) is 1. The highest BCUT2D eigenvalue weighted by Crippen LogP contribution is 2.28. The van der Waals surface area contributed by atoms with Gasteiger partial charge < -0.3 is 15.4 Å². The number of halogens is 1. The van der Waals surface area contributed by atoms with E-state index in [9.17, 15) is 14.9 Å². The molecule has 2 rings (SSSR count). The van der Waals surface area contributed by atoms with Crippen LogP contribution in [0.1, 0.15) is 15.9 Å². The molecular weight excluding hydrogens is 358 g/mol. The predicted molar refractivity (Wildman–Crippen MR) is 102 cm³/mol. The summed E-state index contributed by atoms with van der Waals surface area (Å²) in [6, 6.07) is 14.0. The lowest BCUT2D eigenvalue weighted by Gasteiger charge is -2.22. The van der Waals surface area contributed by atoms with Crippen molar-refractivity contribution < 1.29 is 14.5 Å². The molecule has 0 aliphatic carbocycles. The first kappa shape index (κ1) is 21.4. The normalized spacial score (nSPS) is 9.92. The number of ether oxygens (including phenoxy) is 1. The minimum Gasteiger partial charge on any atom is -0.490 e. The molecule has 0 spiro atoms. The van der Waals surface area contributed by atoms with Gasteiger partial charge in [-0.05, 0) is 18.1 Å². The van der Waals surface area contributed by atoms with E-state index in [-0.39, 0.29) is 29.8 Å². The molecule has 0 saturated carbocycles. The summed E-state index contributed by atoms with van der Waals surface area (Å²) >= 11 is 0. The zero-order valence-electron chi connectivity index (χ0n) is 14.5. The minimum atomic E-state index is -0.542. The highest BCUT2D eigenvalue weighted by molar-refractivity contribution is 5.95. The quantitative estimate of drug-likeness (QED) is 0.561. The number of amides is 1. The summed E-state index contributed by atoms with van der Waals surface area (Å²) in [6.45, 7) is 1.26. The Kier molecular flexibility index (Phi) is 8.54. The number of hydrogen-bond acceptors (Lipinski definition) is 5. The van der Waals surface area contributed by atoms with Gasteiger partial charge in [-0.15, -0.1) is 12.4 Å². The Bertz CT molecular complexity index is 740. The molecular formula is C18H22ClN3O4. The Balaban J connectivity index is 0.00000338. The van der Waals surface area contributed by atoms with Gasteiger partial charge in [0.1, 0.15) is 0 Å². The maximum absolute atomic E-state index is 12.8. The van der Waals surface area contributed by atoms with Crippen LogP contribution in [-0.2, 0) is 6.42 Å². The van der Waals surface area contributed by atoms with Crippen LogP contribution in [-0.4, -0.2) is 42.5 Å². The summed E-state index contributed by atoms with van der Waals surface area (Å²) in [6.07, 6.45) is 0.705. The number of nitrogens with zero attached hydrogens (tertiary/aromatic N) is 2. The lowest BCUT2D eigenvalue weighted by molar-refractivity contribution is -0.385. The second kappa shape index (κ2) is 10.4. The number of rotatable bonds is 8. The van der Waals surface area contributed by atoms with Crippen LogP contribution < -0.4 is 10.5 Å². The lowest BCUT2D eigenvalue weighted by Crippen LogP contribution is -2.37. The molecule has 2 N–H and O–H groups in total. The van der Waals surface area contributed by atoms with Crippen LogP contribution in [0.25, 0.3) is 0 Å². The average molecular weight is 380 g/mol. The van der Waals surface area contributed by atoms with Crippen molar-refractivity contribution in [3.8, 4) is 5.75 Å². The topological polar surface area (TPSA) is 98.7 Å². The molecule has 0 radical (unpaired) electrons. The molecule has 0 heterocycles. The number of nitro benzene ring substituents is 1. The lowest BCUT2D eigenvalue weighted by atomic mass is 10.1. The van der Waals surface area contributed by atoms with Crippen molar-refractivity contribution >= 4 is 24.0 Å². The molecule has 0 unspecified atom stereocenters. The smallest absolute Gasteiger partial charge is 0.310 e. The molecule has 0 aliphatic rings. The van der Waals surface area contributed by atoms with E-state index in [1.807, 2.05) is 30.3 Å². The first-order chi connectivity index (χ1) is 12.1. The standard InChI is InChI=1S/C18H21N3O4.ClH/c1-25-17-13-15(7-8-16(17)21(23)24)18(22)20(12-10-19)11-9-14-5-3-2-4-6-14;/h2-8,13H,9-12,19H2,1H3;1H. The molecule has 2 aromatic carbocycles. The van der Waals surface area contributed by atoms with Gasteiger partial charge in [-0.2, -0.15) is 0 Å². The van der Waals surface area contributed by atoms with Crippen LogP contribution in [0.2, 0.25) is 0 Å². The SMILES string of the molecule is COc1cc(C(=O)N(CCN)CCc2ccccc2)ccc1[N+](=O)[O-].Cl. The molecule has 0 fully saturated rings. The Morgan fingerprint density at radius 3 is 2.46 bits per heavy atom. The average Bonchev–Trinajstić information content (AvgIpc) is 2.64. The molecule has 0 aliphatic heterocycles. The highest BCUT2D eigenvalue weighted by atomic mass is 35.5. The molecule has 0 saturated heterocycles. The minimum absolute atomic E-state index is 0. The zero-order valence-corrected chi connectivity index (χ0v) is 15.3. The van der Waals surface area contributed by atoms with Gasteiger partial charge in [-0.1, -0.05) is 30.3 Å². The maximum atomic E-state index is 12.8. The molecule has 0 bridgehead atoms. The van der Waals surface area contributed by atoms with Gasteiger partial charge in [0, 0.05) is 37.3 Å². The van der Waals surface area contributed by atoms with Crippen LogP contribution in [0.3, 0.4) is 0 Å². The van der Waals surface area contributed by atoms with Crippen LogP contribution in [0, 0.1) is 10.1 Å². The van der Waals surface area contributed by atoms with Crippen molar-refractivity contribution in [2.45, 2.75) is 6.42 Å². The second-order valence-electron chi connectivity index (χ2n) is 5.46. The molecule has 2 aromatic rings. The summed E-state index contributed by atoms with van der Waals surface area (Å²) < 4.78 is 5.03. The second-order valence-corrected chi connectivity index (χ2v) is 5.46.